The summed E-state index contributed by atoms with van der Waals surface area (Å²) in [4.78, 5) is 0. The van der Waals surface area contributed by atoms with Crippen LogP contribution in [-0.2, 0) is 6.54 Å². The quantitative estimate of drug-likeness (QED) is 0.817. The Kier molecular flexibility index (Phi) is 6.05. The molecule has 2 aromatic rings. The molecule has 0 aliphatic carbocycles. The van der Waals surface area contributed by atoms with Crippen LogP contribution in [0.3, 0.4) is 0 Å². The number of ether oxygens (including phenoxy) is 1. The van der Waals surface area contributed by atoms with Crippen molar-refractivity contribution in [3.05, 3.63) is 64.6 Å². The zero-order valence-corrected chi connectivity index (χ0v) is 12.7. The van der Waals surface area contributed by atoms with Gasteiger partial charge in [0, 0.05) is 13.1 Å². The zero-order valence-electron chi connectivity index (χ0n) is 11.1. The van der Waals surface area contributed by atoms with Gasteiger partial charge >= 0.3 is 0 Å². The summed E-state index contributed by atoms with van der Waals surface area (Å²) in [6.07, 6.45) is -0.536. The van der Waals surface area contributed by atoms with Crippen LogP contribution in [0.15, 0.2) is 59.1 Å². The molecule has 0 fully saturated rings. The average molecular weight is 336 g/mol. The number of hydrogen-bond donors (Lipinski definition) is 2. The van der Waals surface area contributed by atoms with E-state index in [0.717, 1.165) is 16.8 Å². The van der Waals surface area contributed by atoms with Gasteiger partial charge in [-0.3, -0.25) is 0 Å². The Hall–Kier alpha value is -1.36. The molecule has 2 aromatic carbocycles. The standard InChI is InChI=1S/C16H18BrNO2/c17-15-8-4-5-9-16(15)20-12-14(19)11-18-10-13-6-2-1-3-7-13/h1-9,14,18-19H,10-12H2. The van der Waals surface area contributed by atoms with Gasteiger partial charge in [0.2, 0.25) is 0 Å². The Balaban J connectivity index is 1.68. The van der Waals surface area contributed by atoms with E-state index >= 15 is 0 Å². The van der Waals surface area contributed by atoms with Gasteiger partial charge in [-0.05, 0) is 33.6 Å². The van der Waals surface area contributed by atoms with Crippen LogP contribution in [-0.4, -0.2) is 24.4 Å². The van der Waals surface area contributed by atoms with Crippen LogP contribution in [0.5, 0.6) is 5.75 Å². The molecule has 0 saturated heterocycles. The van der Waals surface area contributed by atoms with Crippen LogP contribution < -0.4 is 10.1 Å². The molecule has 4 heteroatoms. The molecule has 0 spiro atoms. The van der Waals surface area contributed by atoms with Crippen molar-refractivity contribution in [1.29, 1.82) is 0 Å². The van der Waals surface area contributed by atoms with Gasteiger partial charge in [-0.15, -0.1) is 0 Å². The van der Waals surface area contributed by atoms with E-state index in [9.17, 15) is 5.11 Å². The summed E-state index contributed by atoms with van der Waals surface area (Å²) in [5.74, 6) is 0.745. The fraction of sp³-hybridized carbons (Fsp3) is 0.250. The maximum Gasteiger partial charge on any atom is 0.133 e. The molecule has 20 heavy (non-hydrogen) atoms. The number of para-hydroxylation sites is 1. The number of hydrogen-bond acceptors (Lipinski definition) is 3. The van der Waals surface area contributed by atoms with Crippen LogP contribution in [0.2, 0.25) is 0 Å². The summed E-state index contributed by atoms with van der Waals surface area (Å²) in [6.45, 7) is 1.51. The lowest BCUT2D eigenvalue weighted by atomic mass is 10.2. The van der Waals surface area contributed by atoms with Crippen molar-refractivity contribution in [1.82, 2.24) is 5.32 Å². The van der Waals surface area contributed by atoms with Gasteiger partial charge in [-0.1, -0.05) is 42.5 Å². The topological polar surface area (TPSA) is 41.5 Å². The Bertz CT molecular complexity index is 519. The molecule has 0 aliphatic rings. The molecule has 2 N–H and O–H groups in total. The summed E-state index contributed by atoms with van der Waals surface area (Å²) in [7, 11) is 0. The highest BCUT2D eigenvalue weighted by Crippen LogP contribution is 2.23. The van der Waals surface area contributed by atoms with E-state index in [2.05, 4.69) is 33.4 Å². The molecular formula is C16H18BrNO2. The average Bonchev–Trinajstić information content (AvgIpc) is 2.47. The third-order valence-corrected chi connectivity index (χ3v) is 3.47. The minimum atomic E-state index is -0.536. The van der Waals surface area contributed by atoms with Crippen LogP contribution in [0.25, 0.3) is 0 Å². The highest BCUT2D eigenvalue weighted by atomic mass is 79.9. The number of aliphatic hydroxyl groups is 1. The normalized spacial score (nSPS) is 12.1. The van der Waals surface area contributed by atoms with Gasteiger partial charge < -0.3 is 15.2 Å². The van der Waals surface area contributed by atoms with E-state index in [0.29, 0.717) is 6.54 Å². The second-order valence-corrected chi connectivity index (χ2v) is 5.37. The molecule has 1 unspecified atom stereocenters. The Morgan fingerprint density at radius 1 is 1.05 bits per heavy atom. The van der Waals surface area contributed by atoms with Crippen LogP contribution >= 0.6 is 15.9 Å². The minimum absolute atomic E-state index is 0.268. The van der Waals surface area contributed by atoms with Gasteiger partial charge in [0.1, 0.15) is 18.5 Å². The second kappa shape index (κ2) is 8.04. The lowest BCUT2D eigenvalue weighted by molar-refractivity contribution is 0.106. The second-order valence-electron chi connectivity index (χ2n) is 4.51. The number of aliphatic hydroxyl groups excluding tert-OH is 1. The monoisotopic (exact) mass is 335 g/mol. The van der Waals surface area contributed by atoms with Crippen LogP contribution in [0.4, 0.5) is 0 Å². The first-order valence-electron chi connectivity index (χ1n) is 6.56. The van der Waals surface area contributed by atoms with Crippen molar-refractivity contribution in [2.45, 2.75) is 12.6 Å². The molecule has 2 rings (SSSR count). The maximum atomic E-state index is 9.88. The molecule has 0 heterocycles. The van der Waals surface area contributed by atoms with E-state index in [1.807, 2.05) is 42.5 Å². The van der Waals surface area contributed by atoms with E-state index < -0.39 is 6.10 Å². The molecule has 106 valence electrons. The highest BCUT2D eigenvalue weighted by molar-refractivity contribution is 9.10. The summed E-state index contributed by atoms with van der Waals surface area (Å²) in [5, 5.41) is 13.1. The van der Waals surface area contributed by atoms with Gasteiger partial charge in [0.05, 0.1) is 4.47 Å². The molecule has 0 aromatic heterocycles. The Labute approximate surface area is 127 Å². The molecule has 0 saturated carbocycles. The van der Waals surface area contributed by atoms with Gasteiger partial charge in [-0.2, -0.15) is 0 Å². The Morgan fingerprint density at radius 3 is 2.50 bits per heavy atom. The van der Waals surface area contributed by atoms with Crippen molar-refractivity contribution in [2.24, 2.45) is 0 Å². The third-order valence-electron chi connectivity index (χ3n) is 2.82. The number of halogens is 1. The van der Waals surface area contributed by atoms with E-state index in [1.54, 1.807) is 0 Å². The molecule has 0 radical (unpaired) electrons. The summed E-state index contributed by atoms with van der Waals surface area (Å²) >= 11 is 3.41. The van der Waals surface area contributed by atoms with E-state index in [-0.39, 0.29) is 6.61 Å². The van der Waals surface area contributed by atoms with E-state index in [4.69, 9.17) is 4.74 Å². The van der Waals surface area contributed by atoms with Gasteiger partial charge in [-0.25, -0.2) is 0 Å². The zero-order chi connectivity index (χ0) is 14.2. The van der Waals surface area contributed by atoms with Crippen molar-refractivity contribution >= 4 is 15.9 Å². The fourth-order valence-electron chi connectivity index (χ4n) is 1.79. The summed E-state index contributed by atoms with van der Waals surface area (Å²) in [6, 6.07) is 17.7. The van der Waals surface area contributed by atoms with Crippen LogP contribution in [0.1, 0.15) is 5.56 Å². The lowest BCUT2D eigenvalue weighted by Crippen LogP contribution is -2.31. The fourth-order valence-corrected chi connectivity index (χ4v) is 2.18. The van der Waals surface area contributed by atoms with E-state index in [1.165, 1.54) is 5.56 Å². The first kappa shape index (κ1) is 15.0. The van der Waals surface area contributed by atoms with Crippen molar-refractivity contribution in [3.8, 4) is 5.75 Å². The first-order chi connectivity index (χ1) is 9.75. The molecule has 3 nitrogen and oxygen atoms in total. The number of nitrogens with one attached hydrogen (secondary N) is 1. The SMILES string of the molecule is OC(CNCc1ccccc1)COc1ccccc1Br. The lowest BCUT2D eigenvalue weighted by Gasteiger charge is -2.14. The predicted octanol–water partition coefficient (Wildman–Crippen LogP) is 2.98. The molecule has 0 aliphatic heterocycles. The number of benzene rings is 2. The van der Waals surface area contributed by atoms with Gasteiger partial charge in [0.15, 0.2) is 0 Å². The van der Waals surface area contributed by atoms with Crippen molar-refractivity contribution < 1.29 is 9.84 Å². The maximum absolute atomic E-state index is 9.88. The highest BCUT2D eigenvalue weighted by Gasteiger charge is 2.06. The smallest absolute Gasteiger partial charge is 0.133 e. The largest absolute Gasteiger partial charge is 0.490 e. The minimum Gasteiger partial charge on any atom is -0.490 e. The first-order valence-corrected chi connectivity index (χ1v) is 7.35. The van der Waals surface area contributed by atoms with Crippen LogP contribution in [0, 0.1) is 0 Å². The summed E-state index contributed by atoms with van der Waals surface area (Å²) < 4.78 is 6.46. The molecular weight excluding hydrogens is 318 g/mol. The van der Waals surface area contributed by atoms with Gasteiger partial charge in [0.25, 0.3) is 0 Å². The third kappa shape index (κ3) is 4.96. The Morgan fingerprint density at radius 2 is 1.75 bits per heavy atom. The molecule has 1 atom stereocenters. The summed E-state index contributed by atoms with van der Waals surface area (Å²) in [5.41, 5.74) is 1.20. The van der Waals surface area contributed by atoms with Crippen molar-refractivity contribution in [3.63, 3.8) is 0 Å². The van der Waals surface area contributed by atoms with Crippen molar-refractivity contribution in [2.75, 3.05) is 13.2 Å². The number of rotatable bonds is 7. The molecule has 0 bridgehead atoms. The predicted molar refractivity (Wildman–Crippen MR) is 83.8 cm³/mol. The molecule has 0 amide bonds.